The predicted octanol–water partition coefficient (Wildman–Crippen LogP) is 2.45. The van der Waals surface area contributed by atoms with Gasteiger partial charge in [0.1, 0.15) is 0 Å². The summed E-state index contributed by atoms with van der Waals surface area (Å²) in [5, 5.41) is 0. The number of likely N-dealkylation sites (tertiary alicyclic amines) is 2. The highest BCUT2D eigenvalue weighted by atomic mass is 16.5. The normalized spacial score (nSPS) is 22.6. The average molecular weight is 344 g/mol. The maximum absolute atomic E-state index is 12.5. The van der Waals surface area contributed by atoms with Crippen LogP contribution in [0.2, 0.25) is 0 Å². The molecule has 0 aliphatic carbocycles. The third-order valence-corrected chi connectivity index (χ3v) is 5.15. The van der Waals surface area contributed by atoms with Crippen LogP contribution < -0.4 is 0 Å². The van der Waals surface area contributed by atoms with Crippen LogP contribution in [0.1, 0.15) is 38.2 Å². The van der Waals surface area contributed by atoms with Crippen molar-refractivity contribution in [3.05, 3.63) is 35.9 Å². The van der Waals surface area contributed by atoms with Crippen LogP contribution in [0, 0.1) is 5.92 Å². The Morgan fingerprint density at radius 1 is 1.12 bits per heavy atom. The van der Waals surface area contributed by atoms with Crippen LogP contribution >= 0.6 is 0 Å². The summed E-state index contributed by atoms with van der Waals surface area (Å²) in [6, 6.07) is 10.3. The summed E-state index contributed by atoms with van der Waals surface area (Å²) in [5.41, 5.74) is 1.26. The first-order chi connectivity index (χ1) is 12.1. The molecule has 5 heteroatoms. The summed E-state index contributed by atoms with van der Waals surface area (Å²) in [7, 11) is 0. The summed E-state index contributed by atoms with van der Waals surface area (Å²) < 4.78 is 5.51. The highest BCUT2D eigenvalue weighted by Gasteiger charge is 2.31. The Labute approximate surface area is 149 Å². The molecule has 0 spiro atoms. The molecule has 5 nitrogen and oxygen atoms in total. The number of esters is 1. The molecule has 136 valence electrons. The molecule has 0 bridgehead atoms. The van der Waals surface area contributed by atoms with Crippen LogP contribution in [-0.2, 0) is 20.9 Å². The first kappa shape index (κ1) is 17.9. The number of rotatable bonds is 5. The minimum Gasteiger partial charge on any atom is -0.452 e. The molecular weight excluding hydrogens is 316 g/mol. The lowest BCUT2D eigenvalue weighted by atomic mass is 9.97. The van der Waals surface area contributed by atoms with Gasteiger partial charge in [0.05, 0.1) is 5.92 Å². The van der Waals surface area contributed by atoms with Crippen LogP contribution in [-0.4, -0.2) is 54.0 Å². The van der Waals surface area contributed by atoms with Crippen molar-refractivity contribution < 1.29 is 14.3 Å². The van der Waals surface area contributed by atoms with Crippen LogP contribution in [0.5, 0.6) is 0 Å². The molecule has 0 unspecified atom stereocenters. The molecule has 2 atom stereocenters. The Balaban J connectivity index is 1.50. The van der Waals surface area contributed by atoms with Gasteiger partial charge in [-0.25, -0.2) is 0 Å². The Bertz CT molecular complexity index is 584. The zero-order chi connectivity index (χ0) is 17.6. The zero-order valence-corrected chi connectivity index (χ0v) is 15.0. The number of hydrogen-bond donors (Lipinski definition) is 0. The summed E-state index contributed by atoms with van der Waals surface area (Å²) >= 11 is 0. The van der Waals surface area contributed by atoms with Gasteiger partial charge in [-0.2, -0.15) is 0 Å². The minimum atomic E-state index is -0.671. The number of amides is 1. The SMILES string of the molecule is C[C@H](OC(=O)[C@@H]1CCCN(Cc2ccccc2)C1)C(=O)N1CCCC1. The first-order valence-electron chi connectivity index (χ1n) is 9.39. The number of ether oxygens (including phenoxy) is 1. The fourth-order valence-corrected chi connectivity index (χ4v) is 3.75. The average Bonchev–Trinajstić information content (AvgIpc) is 3.16. The zero-order valence-electron chi connectivity index (χ0n) is 15.0. The van der Waals surface area contributed by atoms with E-state index in [9.17, 15) is 9.59 Å². The van der Waals surface area contributed by atoms with Gasteiger partial charge in [-0.1, -0.05) is 30.3 Å². The maximum atomic E-state index is 12.5. The van der Waals surface area contributed by atoms with Crippen molar-refractivity contribution in [3.8, 4) is 0 Å². The molecule has 2 fully saturated rings. The summed E-state index contributed by atoms with van der Waals surface area (Å²) in [6.07, 6.45) is 3.25. The van der Waals surface area contributed by atoms with E-state index in [0.717, 1.165) is 51.9 Å². The largest absolute Gasteiger partial charge is 0.452 e. The fourth-order valence-electron chi connectivity index (χ4n) is 3.75. The van der Waals surface area contributed by atoms with Gasteiger partial charge < -0.3 is 9.64 Å². The molecule has 2 heterocycles. The number of carbonyl (C=O) groups is 2. The number of piperidine rings is 1. The molecule has 3 rings (SSSR count). The van der Waals surface area contributed by atoms with E-state index < -0.39 is 6.10 Å². The molecule has 0 saturated carbocycles. The highest BCUT2D eigenvalue weighted by Crippen LogP contribution is 2.21. The molecule has 0 aromatic heterocycles. The van der Waals surface area contributed by atoms with E-state index in [1.165, 1.54) is 5.56 Å². The van der Waals surface area contributed by atoms with Crippen LogP contribution in [0.4, 0.5) is 0 Å². The van der Waals surface area contributed by atoms with Gasteiger partial charge in [0.25, 0.3) is 5.91 Å². The van der Waals surface area contributed by atoms with Gasteiger partial charge in [0.15, 0.2) is 6.10 Å². The van der Waals surface area contributed by atoms with Gasteiger partial charge in [-0.05, 0) is 44.7 Å². The van der Waals surface area contributed by atoms with Gasteiger partial charge in [0, 0.05) is 26.2 Å². The Morgan fingerprint density at radius 2 is 1.84 bits per heavy atom. The summed E-state index contributed by atoms with van der Waals surface area (Å²) in [5.74, 6) is -0.410. The third-order valence-electron chi connectivity index (χ3n) is 5.15. The molecule has 0 N–H and O–H groups in total. The second kappa shape index (κ2) is 8.48. The lowest BCUT2D eigenvalue weighted by Gasteiger charge is -2.32. The summed E-state index contributed by atoms with van der Waals surface area (Å²) in [4.78, 5) is 28.9. The van der Waals surface area contributed by atoms with E-state index in [-0.39, 0.29) is 17.8 Å². The molecule has 1 amide bonds. The van der Waals surface area contributed by atoms with Gasteiger partial charge in [-0.3, -0.25) is 14.5 Å². The van der Waals surface area contributed by atoms with E-state index in [1.54, 1.807) is 11.8 Å². The van der Waals surface area contributed by atoms with Crippen molar-refractivity contribution in [1.29, 1.82) is 0 Å². The van der Waals surface area contributed by atoms with Crippen molar-refractivity contribution in [3.63, 3.8) is 0 Å². The third kappa shape index (κ3) is 4.82. The number of carbonyl (C=O) groups excluding carboxylic acids is 2. The van der Waals surface area contributed by atoms with Gasteiger partial charge in [0.2, 0.25) is 0 Å². The van der Waals surface area contributed by atoms with E-state index in [4.69, 9.17) is 4.74 Å². The van der Waals surface area contributed by atoms with E-state index in [2.05, 4.69) is 17.0 Å². The van der Waals surface area contributed by atoms with Crippen molar-refractivity contribution in [1.82, 2.24) is 9.80 Å². The fraction of sp³-hybridized carbons (Fsp3) is 0.600. The molecule has 2 aliphatic rings. The van der Waals surface area contributed by atoms with E-state index >= 15 is 0 Å². The minimum absolute atomic E-state index is 0.0530. The molecule has 2 saturated heterocycles. The lowest BCUT2D eigenvalue weighted by molar-refractivity contribution is -0.163. The molecule has 25 heavy (non-hydrogen) atoms. The quantitative estimate of drug-likeness (QED) is 0.770. The predicted molar refractivity (Wildman–Crippen MR) is 95.8 cm³/mol. The Morgan fingerprint density at radius 3 is 2.56 bits per heavy atom. The smallest absolute Gasteiger partial charge is 0.311 e. The first-order valence-corrected chi connectivity index (χ1v) is 9.39. The molecule has 1 aromatic carbocycles. The molecule has 2 aliphatic heterocycles. The van der Waals surface area contributed by atoms with Crippen LogP contribution in [0.25, 0.3) is 0 Å². The van der Waals surface area contributed by atoms with Crippen molar-refractivity contribution >= 4 is 11.9 Å². The second-order valence-corrected chi connectivity index (χ2v) is 7.17. The topological polar surface area (TPSA) is 49.9 Å². The molecular formula is C20H28N2O3. The van der Waals surface area contributed by atoms with E-state index in [0.29, 0.717) is 6.54 Å². The lowest BCUT2D eigenvalue weighted by Crippen LogP contribution is -2.42. The molecule has 0 radical (unpaired) electrons. The standard InChI is InChI=1S/C20H28N2O3/c1-16(19(23)22-12-5-6-13-22)25-20(24)18-10-7-11-21(15-18)14-17-8-3-2-4-9-17/h2-4,8-9,16,18H,5-7,10-15H2,1H3/t16-,18+/m0/s1. The number of nitrogens with zero attached hydrogens (tertiary/aromatic N) is 2. The van der Waals surface area contributed by atoms with Crippen LogP contribution in [0.3, 0.4) is 0 Å². The number of hydrogen-bond acceptors (Lipinski definition) is 4. The van der Waals surface area contributed by atoms with Crippen molar-refractivity contribution in [2.24, 2.45) is 5.92 Å². The Hall–Kier alpha value is -1.88. The van der Waals surface area contributed by atoms with Crippen LogP contribution in [0.15, 0.2) is 30.3 Å². The second-order valence-electron chi connectivity index (χ2n) is 7.17. The highest BCUT2D eigenvalue weighted by molar-refractivity contribution is 5.84. The summed E-state index contributed by atoms with van der Waals surface area (Å²) in [6.45, 7) is 5.83. The Kier molecular flexibility index (Phi) is 6.08. The molecule has 1 aromatic rings. The van der Waals surface area contributed by atoms with E-state index in [1.807, 2.05) is 18.2 Å². The van der Waals surface area contributed by atoms with Crippen molar-refractivity contribution in [2.45, 2.75) is 45.3 Å². The maximum Gasteiger partial charge on any atom is 0.311 e. The van der Waals surface area contributed by atoms with Crippen molar-refractivity contribution in [2.75, 3.05) is 26.2 Å². The number of benzene rings is 1. The van der Waals surface area contributed by atoms with Gasteiger partial charge >= 0.3 is 5.97 Å². The monoisotopic (exact) mass is 344 g/mol. The van der Waals surface area contributed by atoms with Gasteiger partial charge in [-0.15, -0.1) is 0 Å².